The fourth-order valence-electron chi connectivity index (χ4n) is 2.37. The van der Waals surface area contributed by atoms with Gasteiger partial charge in [-0.1, -0.05) is 6.92 Å². The van der Waals surface area contributed by atoms with Gasteiger partial charge in [0.2, 0.25) is 5.95 Å². The SMILES string of the molecule is CC[C@@H]1C[C@@H](O)[C@H](n2cnc3c(=O)[nH]c(N)nc32)O1. The van der Waals surface area contributed by atoms with Gasteiger partial charge in [-0.15, -0.1) is 0 Å². The van der Waals surface area contributed by atoms with E-state index >= 15 is 0 Å². The van der Waals surface area contributed by atoms with Crippen molar-refractivity contribution in [1.29, 1.82) is 0 Å². The Labute approximate surface area is 108 Å². The molecule has 0 spiro atoms. The van der Waals surface area contributed by atoms with Crippen molar-refractivity contribution in [3.05, 3.63) is 16.7 Å². The van der Waals surface area contributed by atoms with Crippen LogP contribution in [0.15, 0.2) is 11.1 Å². The van der Waals surface area contributed by atoms with Crippen LogP contribution in [0.25, 0.3) is 11.2 Å². The Morgan fingerprint density at radius 1 is 1.68 bits per heavy atom. The van der Waals surface area contributed by atoms with Crippen molar-refractivity contribution in [2.45, 2.75) is 38.2 Å². The lowest BCUT2D eigenvalue weighted by atomic mass is 10.1. The number of nitrogen functional groups attached to an aromatic ring is 1. The molecule has 1 saturated heterocycles. The van der Waals surface area contributed by atoms with Gasteiger partial charge in [-0.25, -0.2) is 4.98 Å². The van der Waals surface area contributed by atoms with Crippen molar-refractivity contribution >= 4 is 17.1 Å². The highest BCUT2D eigenvalue weighted by molar-refractivity contribution is 5.70. The maximum Gasteiger partial charge on any atom is 0.280 e. The van der Waals surface area contributed by atoms with Crippen molar-refractivity contribution in [1.82, 2.24) is 19.5 Å². The molecule has 0 unspecified atom stereocenters. The molecule has 2 aromatic rings. The summed E-state index contributed by atoms with van der Waals surface area (Å²) in [6.07, 6.45) is 1.58. The summed E-state index contributed by atoms with van der Waals surface area (Å²) in [5, 5.41) is 10.0. The molecule has 0 aliphatic carbocycles. The number of nitrogens with zero attached hydrogens (tertiary/aromatic N) is 3. The molecule has 8 nitrogen and oxygen atoms in total. The summed E-state index contributed by atoms with van der Waals surface area (Å²) in [6.45, 7) is 1.99. The van der Waals surface area contributed by atoms with Crippen LogP contribution in [0.5, 0.6) is 0 Å². The summed E-state index contributed by atoms with van der Waals surface area (Å²) >= 11 is 0. The zero-order valence-electron chi connectivity index (χ0n) is 10.4. The third-order valence-electron chi connectivity index (χ3n) is 3.35. The van der Waals surface area contributed by atoms with Crippen molar-refractivity contribution in [3.63, 3.8) is 0 Å². The topological polar surface area (TPSA) is 119 Å². The minimum Gasteiger partial charge on any atom is -0.388 e. The van der Waals surface area contributed by atoms with Crippen LogP contribution in [-0.4, -0.2) is 36.8 Å². The molecule has 3 atom stereocenters. The summed E-state index contributed by atoms with van der Waals surface area (Å²) in [4.78, 5) is 22.1. The number of hydrogen-bond acceptors (Lipinski definition) is 6. The molecule has 0 saturated carbocycles. The van der Waals surface area contributed by atoms with E-state index in [1.54, 1.807) is 4.57 Å². The predicted molar refractivity (Wildman–Crippen MR) is 67.4 cm³/mol. The van der Waals surface area contributed by atoms with E-state index in [0.717, 1.165) is 6.42 Å². The monoisotopic (exact) mass is 265 g/mol. The van der Waals surface area contributed by atoms with Gasteiger partial charge in [0.15, 0.2) is 17.4 Å². The molecular formula is C11H15N5O3. The first kappa shape index (κ1) is 12.1. The molecule has 4 N–H and O–H groups in total. The molecule has 2 aromatic heterocycles. The van der Waals surface area contributed by atoms with Crippen molar-refractivity contribution in [3.8, 4) is 0 Å². The van der Waals surface area contributed by atoms with Gasteiger partial charge in [-0.2, -0.15) is 4.98 Å². The van der Waals surface area contributed by atoms with Crippen molar-refractivity contribution in [2.24, 2.45) is 0 Å². The van der Waals surface area contributed by atoms with Crippen LogP contribution in [0, 0.1) is 0 Å². The zero-order chi connectivity index (χ0) is 13.6. The third kappa shape index (κ3) is 1.89. The number of aromatic nitrogens is 4. The van der Waals surface area contributed by atoms with Crippen LogP contribution in [-0.2, 0) is 4.74 Å². The van der Waals surface area contributed by atoms with Gasteiger partial charge in [-0.3, -0.25) is 14.3 Å². The van der Waals surface area contributed by atoms with Gasteiger partial charge in [0, 0.05) is 6.42 Å². The Morgan fingerprint density at radius 2 is 2.47 bits per heavy atom. The molecule has 8 heteroatoms. The van der Waals surface area contributed by atoms with Gasteiger partial charge >= 0.3 is 0 Å². The molecule has 19 heavy (non-hydrogen) atoms. The largest absolute Gasteiger partial charge is 0.388 e. The number of fused-ring (bicyclic) bond motifs is 1. The number of nitrogens with two attached hydrogens (primary N) is 1. The standard InChI is InChI=1S/C11H15N5O3/c1-2-5-3-6(17)10(19-5)16-4-13-7-8(16)14-11(12)15-9(7)18/h4-6,10,17H,2-3H2,1H3,(H3,12,14,15,18)/t5-,6-,10-/m1/s1. The Bertz CT molecular complexity index is 664. The first-order valence-corrected chi connectivity index (χ1v) is 6.16. The minimum atomic E-state index is -0.648. The van der Waals surface area contributed by atoms with E-state index in [2.05, 4.69) is 15.0 Å². The van der Waals surface area contributed by atoms with E-state index in [4.69, 9.17) is 10.5 Å². The molecule has 1 fully saturated rings. The molecule has 1 aliphatic rings. The molecule has 102 valence electrons. The lowest BCUT2D eigenvalue weighted by Gasteiger charge is -2.16. The minimum absolute atomic E-state index is 0.00297. The van der Waals surface area contributed by atoms with Crippen LogP contribution in [0.4, 0.5) is 5.95 Å². The van der Waals surface area contributed by atoms with E-state index in [9.17, 15) is 9.90 Å². The second-order valence-electron chi connectivity index (χ2n) is 4.64. The number of rotatable bonds is 2. The van der Waals surface area contributed by atoms with Gasteiger partial charge < -0.3 is 15.6 Å². The summed E-state index contributed by atoms with van der Waals surface area (Å²) < 4.78 is 7.29. The van der Waals surface area contributed by atoms with E-state index in [-0.39, 0.29) is 17.6 Å². The van der Waals surface area contributed by atoms with E-state index in [0.29, 0.717) is 12.1 Å². The van der Waals surface area contributed by atoms with Crippen LogP contribution >= 0.6 is 0 Å². The number of nitrogens with one attached hydrogen (secondary N) is 1. The number of anilines is 1. The first-order chi connectivity index (χ1) is 9.10. The lowest BCUT2D eigenvalue weighted by molar-refractivity contribution is -0.0355. The number of imidazole rings is 1. The number of aromatic amines is 1. The highest BCUT2D eigenvalue weighted by atomic mass is 16.5. The van der Waals surface area contributed by atoms with Crippen LogP contribution in [0.3, 0.4) is 0 Å². The second kappa shape index (κ2) is 4.32. The summed E-state index contributed by atoms with van der Waals surface area (Å²) in [6, 6.07) is 0. The van der Waals surface area contributed by atoms with E-state index in [1.807, 2.05) is 6.92 Å². The van der Waals surface area contributed by atoms with Gasteiger partial charge in [0.1, 0.15) is 6.10 Å². The van der Waals surface area contributed by atoms with Crippen LogP contribution in [0.1, 0.15) is 26.0 Å². The number of aliphatic hydroxyl groups excluding tert-OH is 1. The highest BCUT2D eigenvalue weighted by Crippen LogP contribution is 2.31. The second-order valence-corrected chi connectivity index (χ2v) is 4.64. The Balaban J connectivity index is 2.09. The Hall–Kier alpha value is -1.93. The maximum atomic E-state index is 11.7. The quantitative estimate of drug-likeness (QED) is 0.689. The molecule has 3 heterocycles. The fraction of sp³-hybridized carbons (Fsp3) is 0.545. The smallest absolute Gasteiger partial charge is 0.280 e. The Kier molecular flexibility index (Phi) is 2.76. The number of aliphatic hydroxyl groups is 1. The number of hydrogen-bond donors (Lipinski definition) is 3. The van der Waals surface area contributed by atoms with E-state index in [1.165, 1.54) is 6.33 Å². The molecule has 0 bridgehead atoms. The zero-order valence-corrected chi connectivity index (χ0v) is 10.4. The molecule has 0 aromatic carbocycles. The maximum absolute atomic E-state index is 11.7. The first-order valence-electron chi connectivity index (χ1n) is 6.16. The molecule has 3 rings (SSSR count). The van der Waals surface area contributed by atoms with Gasteiger partial charge in [0.25, 0.3) is 5.56 Å². The summed E-state index contributed by atoms with van der Waals surface area (Å²) in [5.41, 5.74) is 5.63. The van der Waals surface area contributed by atoms with Crippen LogP contribution in [0.2, 0.25) is 0 Å². The number of H-pyrrole nitrogens is 1. The normalized spacial score (nSPS) is 27.2. The molecule has 0 amide bonds. The Morgan fingerprint density at radius 3 is 3.16 bits per heavy atom. The van der Waals surface area contributed by atoms with Crippen molar-refractivity contribution < 1.29 is 9.84 Å². The molecule has 1 aliphatic heterocycles. The average Bonchev–Trinajstić information content (AvgIpc) is 2.92. The molecule has 0 radical (unpaired) electrons. The molecular weight excluding hydrogens is 250 g/mol. The average molecular weight is 265 g/mol. The lowest BCUT2D eigenvalue weighted by Crippen LogP contribution is -2.20. The predicted octanol–water partition coefficient (Wildman–Crippen LogP) is -0.240. The van der Waals surface area contributed by atoms with Gasteiger partial charge in [-0.05, 0) is 6.42 Å². The van der Waals surface area contributed by atoms with Crippen molar-refractivity contribution in [2.75, 3.05) is 5.73 Å². The van der Waals surface area contributed by atoms with Crippen LogP contribution < -0.4 is 11.3 Å². The highest BCUT2D eigenvalue weighted by Gasteiger charge is 2.35. The van der Waals surface area contributed by atoms with Gasteiger partial charge in [0.05, 0.1) is 12.4 Å². The fourth-order valence-corrected chi connectivity index (χ4v) is 2.37. The number of ether oxygens (including phenoxy) is 1. The third-order valence-corrected chi connectivity index (χ3v) is 3.35. The summed E-state index contributed by atoms with van der Waals surface area (Å²) in [5.74, 6) is 0.0128. The summed E-state index contributed by atoms with van der Waals surface area (Å²) in [7, 11) is 0. The van der Waals surface area contributed by atoms with E-state index < -0.39 is 17.9 Å².